The van der Waals surface area contributed by atoms with Gasteiger partial charge in [-0.15, -0.1) is 0 Å². The predicted molar refractivity (Wildman–Crippen MR) is 88.5 cm³/mol. The second-order valence-electron chi connectivity index (χ2n) is 5.29. The molecule has 2 aromatic rings. The van der Waals surface area contributed by atoms with E-state index in [0.717, 1.165) is 16.9 Å². The Labute approximate surface area is 135 Å². The van der Waals surface area contributed by atoms with Gasteiger partial charge in [0.05, 0.1) is 7.11 Å². The molecule has 118 valence electrons. The highest BCUT2D eigenvalue weighted by Gasteiger charge is 2.13. The van der Waals surface area contributed by atoms with Gasteiger partial charge < -0.3 is 14.2 Å². The summed E-state index contributed by atoms with van der Waals surface area (Å²) >= 11 is 0. The topological polar surface area (TPSA) is 44.8 Å². The first kappa shape index (κ1) is 15.2. The standard InChI is InChI=1S/C19H18O4/c1-13-11-14(4-7-17(13)21-2)3-6-16(20)15-5-8-18-19(12-15)23-10-9-22-18/h3-8,11-12H,9-10H2,1-2H3. The number of benzene rings is 2. The third-order valence-electron chi connectivity index (χ3n) is 3.67. The third-order valence-corrected chi connectivity index (χ3v) is 3.67. The number of hydrogen-bond acceptors (Lipinski definition) is 4. The Morgan fingerprint density at radius 1 is 1.09 bits per heavy atom. The first-order chi connectivity index (χ1) is 11.2. The molecule has 0 aromatic heterocycles. The SMILES string of the molecule is COc1ccc(C=CC(=O)c2ccc3c(c2)OCCO3)cc1C. The van der Waals surface area contributed by atoms with Crippen LogP contribution in [0.4, 0.5) is 0 Å². The van der Waals surface area contributed by atoms with Crippen LogP contribution in [-0.2, 0) is 0 Å². The molecule has 0 amide bonds. The summed E-state index contributed by atoms with van der Waals surface area (Å²) in [5.74, 6) is 2.06. The molecule has 0 aliphatic carbocycles. The van der Waals surface area contributed by atoms with Crippen molar-refractivity contribution in [3.05, 3.63) is 59.2 Å². The van der Waals surface area contributed by atoms with Gasteiger partial charge in [0.15, 0.2) is 17.3 Å². The van der Waals surface area contributed by atoms with Crippen molar-refractivity contribution in [3.63, 3.8) is 0 Å². The minimum absolute atomic E-state index is 0.0737. The second kappa shape index (κ2) is 6.57. The van der Waals surface area contributed by atoms with Crippen LogP contribution in [0.1, 0.15) is 21.5 Å². The molecule has 4 nitrogen and oxygen atoms in total. The van der Waals surface area contributed by atoms with Crippen molar-refractivity contribution in [3.8, 4) is 17.2 Å². The van der Waals surface area contributed by atoms with E-state index in [4.69, 9.17) is 14.2 Å². The lowest BCUT2D eigenvalue weighted by Gasteiger charge is -2.18. The molecular weight excluding hydrogens is 292 g/mol. The van der Waals surface area contributed by atoms with Gasteiger partial charge >= 0.3 is 0 Å². The molecule has 2 aromatic carbocycles. The van der Waals surface area contributed by atoms with Crippen LogP contribution in [0.25, 0.3) is 6.08 Å². The van der Waals surface area contributed by atoms with E-state index in [1.54, 1.807) is 37.5 Å². The van der Waals surface area contributed by atoms with Gasteiger partial charge in [0, 0.05) is 5.56 Å². The number of allylic oxidation sites excluding steroid dienone is 1. The molecular formula is C19H18O4. The van der Waals surface area contributed by atoms with Gasteiger partial charge in [-0.3, -0.25) is 4.79 Å². The molecule has 0 N–H and O–H groups in total. The number of carbonyl (C=O) groups is 1. The third kappa shape index (κ3) is 3.37. The van der Waals surface area contributed by atoms with E-state index in [1.165, 1.54) is 0 Å². The van der Waals surface area contributed by atoms with Gasteiger partial charge in [-0.2, -0.15) is 0 Å². The Morgan fingerprint density at radius 2 is 1.87 bits per heavy atom. The molecule has 0 radical (unpaired) electrons. The lowest BCUT2D eigenvalue weighted by molar-refractivity contribution is 0.104. The van der Waals surface area contributed by atoms with E-state index < -0.39 is 0 Å². The highest BCUT2D eigenvalue weighted by Crippen LogP contribution is 2.31. The summed E-state index contributed by atoms with van der Waals surface area (Å²) in [5.41, 5.74) is 2.56. The largest absolute Gasteiger partial charge is 0.496 e. The van der Waals surface area contributed by atoms with Crippen LogP contribution in [0.2, 0.25) is 0 Å². The molecule has 1 heterocycles. The Bertz CT molecular complexity index is 762. The van der Waals surface area contributed by atoms with E-state index in [0.29, 0.717) is 30.3 Å². The Hall–Kier alpha value is -2.75. The average molecular weight is 310 g/mol. The summed E-state index contributed by atoms with van der Waals surface area (Å²) in [6.45, 7) is 3.02. The minimum Gasteiger partial charge on any atom is -0.496 e. The number of methoxy groups -OCH3 is 1. The summed E-state index contributed by atoms with van der Waals surface area (Å²) in [7, 11) is 1.64. The van der Waals surface area contributed by atoms with Crippen LogP contribution in [0.15, 0.2) is 42.5 Å². The van der Waals surface area contributed by atoms with Crippen LogP contribution in [0, 0.1) is 6.92 Å². The van der Waals surface area contributed by atoms with E-state index >= 15 is 0 Å². The molecule has 4 heteroatoms. The zero-order chi connectivity index (χ0) is 16.2. The van der Waals surface area contributed by atoms with Gasteiger partial charge in [-0.05, 0) is 54.5 Å². The molecule has 0 unspecified atom stereocenters. The zero-order valence-corrected chi connectivity index (χ0v) is 13.2. The molecule has 0 saturated heterocycles. The van der Waals surface area contributed by atoms with E-state index in [9.17, 15) is 4.79 Å². The molecule has 23 heavy (non-hydrogen) atoms. The Balaban J connectivity index is 1.77. The maximum atomic E-state index is 12.3. The van der Waals surface area contributed by atoms with Crippen molar-refractivity contribution < 1.29 is 19.0 Å². The Morgan fingerprint density at radius 3 is 2.61 bits per heavy atom. The van der Waals surface area contributed by atoms with Crippen molar-refractivity contribution in [1.29, 1.82) is 0 Å². The molecule has 1 aliphatic heterocycles. The van der Waals surface area contributed by atoms with Crippen LogP contribution in [0.3, 0.4) is 0 Å². The molecule has 3 rings (SSSR count). The number of carbonyl (C=O) groups excluding carboxylic acids is 1. The van der Waals surface area contributed by atoms with Gasteiger partial charge in [0.2, 0.25) is 0 Å². The summed E-state index contributed by atoms with van der Waals surface area (Å²) in [6, 6.07) is 11.0. The number of fused-ring (bicyclic) bond motifs is 1. The number of ether oxygens (including phenoxy) is 3. The number of rotatable bonds is 4. The first-order valence-corrected chi connectivity index (χ1v) is 7.44. The minimum atomic E-state index is -0.0737. The molecule has 1 aliphatic rings. The van der Waals surface area contributed by atoms with Gasteiger partial charge in [0.1, 0.15) is 19.0 Å². The van der Waals surface area contributed by atoms with Crippen molar-refractivity contribution >= 4 is 11.9 Å². The molecule has 0 saturated carbocycles. The fourth-order valence-electron chi connectivity index (χ4n) is 2.47. The second-order valence-corrected chi connectivity index (χ2v) is 5.29. The predicted octanol–water partition coefficient (Wildman–Crippen LogP) is 3.67. The quantitative estimate of drug-likeness (QED) is 0.638. The number of hydrogen-bond donors (Lipinski definition) is 0. The van der Waals surface area contributed by atoms with Crippen LogP contribution in [-0.4, -0.2) is 26.1 Å². The summed E-state index contributed by atoms with van der Waals surface area (Å²) in [5, 5.41) is 0. The molecule has 0 spiro atoms. The monoisotopic (exact) mass is 310 g/mol. The van der Waals surface area contributed by atoms with Gasteiger partial charge in [0.25, 0.3) is 0 Å². The molecule has 0 fully saturated rings. The van der Waals surface area contributed by atoms with Crippen molar-refractivity contribution in [1.82, 2.24) is 0 Å². The lowest BCUT2D eigenvalue weighted by Crippen LogP contribution is -2.15. The summed E-state index contributed by atoms with van der Waals surface area (Å²) in [4.78, 5) is 12.3. The fourth-order valence-corrected chi connectivity index (χ4v) is 2.47. The van der Waals surface area contributed by atoms with Gasteiger partial charge in [-0.25, -0.2) is 0 Å². The number of ketones is 1. The maximum Gasteiger partial charge on any atom is 0.185 e. The summed E-state index contributed by atoms with van der Waals surface area (Å²) < 4.78 is 16.2. The van der Waals surface area contributed by atoms with Crippen molar-refractivity contribution in [2.45, 2.75) is 6.92 Å². The van der Waals surface area contributed by atoms with E-state index in [2.05, 4.69) is 0 Å². The van der Waals surface area contributed by atoms with E-state index in [1.807, 2.05) is 25.1 Å². The van der Waals surface area contributed by atoms with Crippen molar-refractivity contribution in [2.75, 3.05) is 20.3 Å². The normalized spacial score (nSPS) is 13.1. The van der Waals surface area contributed by atoms with Crippen LogP contribution >= 0.6 is 0 Å². The number of aryl methyl sites for hydroxylation is 1. The maximum absolute atomic E-state index is 12.3. The average Bonchev–Trinajstić information content (AvgIpc) is 2.59. The molecule has 0 bridgehead atoms. The van der Waals surface area contributed by atoms with E-state index in [-0.39, 0.29) is 5.78 Å². The Kier molecular flexibility index (Phi) is 4.33. The highest BCUT2D eigenvalue weighted by atomic mass is 16.6. The first-order valence-electron chi connectivity index (χ1n) is 7.44. The fraction of sp³-hybridized carbons (Fsp3) is 0.211. The van der Waals surface area contributed by atoms with Gasteiger partial charge in [-0.1, -0.05) is 12.1 Å². The lowest BCUT2D eigenvalue weighted by atomic mass is 10.1. The summed E-state index contributed by atoms with van der Waals surface area (Å²) in [6.07, 6.45) is 3.36. The smallest absolute Gasteiger partial charge is 0.185 e. The molecule has 0 atom stereocenters. The van der Waals surface area contributed by atoms with Crippen molar-refractivity contribution in [2.24, 2.45) is 0 Å². The highest BCUT2D eigenvalue weighted by molar-refractivity contribution is 6.07. The zero-order valence-electron chi connectivity index (χ0n) is 13.2. The van der Waals surface area contributed by atoms with Crippen LogP contribution < -0.4 is 14.2 Å². The van der Waals surface area contributed by atoms with Crippen LogP contribution in [0.5, 0.6) is 17.2 Å².